The summed E-state index contributed by atoms with van der Waals surface area (Å²) in [5, 5.41) is 0. The van der Waals surface area contributed by atoms with Crippen molar-refractivity contribution in [2.24, 2.45) is 5.73 Å². The zero-order valence-electron chi connectivity index (χ0n) is 8.22. The van der Waals surface area contributed by atoms with Crippen LogP contribution in [0.3, 0.4) is 0 Å². The normalized spacial score (nSPS) is 10.1. The van der Waals surface area contributed by atoms with E-state index in [9.17, 15) is 0 Å². The predicted molar refractivity (Wildman–Crippen MR) is 68.6 cm³/mol. The molecule has 0 bridgehead atoms. The number of benzene rings is 1. The second kappa shape index (κ2) is 5.47. The lowest BCUT2D eigenvalue weighted by atomic mass is 10.0. The van der Waals surface area contributed by atoms with E-state index in [1.807, 2.05) is 0 Å². The van der Waals surface area contributed by atoms with E-state index in [1.165, 1.54) is 15.6 Å². The lowest BCUT2D eigenvalue weighted by Gasteiger charge is -2.06. The smallest absolute Gasteiger partial charge is 0.0727 e. The highest BCUT2D eigenvalue weighted by molar-refractivity contribution is 9.10. The summed E-state index contributed by atoms with van der Waals surface area (Å²) in [6.07, 6.45) is 2.91. The average molecular weight is 272 g/mol. The van der Waals surface area contributed by atoms with Crippen LogP contribution in [0.25, 0.3) is 0 Å². The lowest BCUT2D eigenvalue weighted by Crippen LogP contribution is -2.07. The lowest BCUT2D eigenvalue weighted by molar-refractivity contribution is 0.860. The Labute approximate surface area is 98.8 Å². The molecule has 1 aromatic rings. The van der Waals surface area contributed by atoms with Gasteiger partial charge in [-0.05, 0) is 43.4 Å². The van der Waals surface area contributed by atoms with Crippen molar-refractivity contribution in [2.45, 2.75) is 26.2 Å². The van der Waals surface area contributed by atoms with E-state index in [0.717, 1.165) is 19.3 Å². The van der Waals surface area contributed by atoms with E-state index >= 15 is 0 Å². The molecule has 0 aliphatic carbocycles. The van der Waals surface area contributed by atoms with Crippen LogP contribution in [0.15, 0.2) is 22.7 Å². The maximum absolute atomic E-state index is 5.45. The summed E-state index contributed by atoms with van der Waals surface area (Å²) in [7, 11) is 0. The molecule has 76 valence electrons. The highest BCUT2D eigenvalue weighted by Gasteiger charge is 2.01. The zero-order valence-corrected chi connectivity index (χ0v) is 10.6. The van der Waals surface area contributed by atoms with Crippen LogP contribution < -0.4 is 5.73 Å². The van der Waals surface area contributed by atoms with Crippen LogP contribution in [-0.4, -0.2) is 4.99 Å². The molecule has 1 nitrogen and oxygen atoms in total. The Morgan fingerprint density at radius 2 is 2.21 bits per heavy atom. The van der Waals surface area contributed by atoms with Crippen molar-refractivity contribution in [3.8, 4) is 0 Å². The van der Waals surface area contributed by atoms with Gasteiger partial charge in [-0.3, -0.25) is 0 Å². The van der Waals surface area contributed by atoms with Gasteiger partial charge in [0, 0.05) is 4.47 Å². The third-order valence-corrected chi connectivity index (χ3v) is 3.31. The molecule has 0 saturated carbocycles. The van der Waals surface area contributed by atoms with Crippen molar-refractivity contribution in [1.82, 2.24) is 0 Å². The minimum absolute atomic E-state index is 0.609. The molecule has 0 fully saturated rings. The predicted octanol–water partition coefficient (Wildman–Crippen LogP) is 3.37. The summed E-state index contributed by atoms with van der Waals surface area (Å²) in [5.74, 6) is 0. The Morgan fingerprint density at radius 3 is 2.86 bits per heavy atom. The Morgan fingerprint density at radius 1 is 1.50 bits per heavy atom. The maximum Gasteiger partial charge on any atom is 0.0727 e. The third-order valence-electron chi connectivity index (χ3n) is 2.25. The van der Waals surface area contributed by atoms with Crippen LogP contribution in [0.2, 0.25) is 0 Å². The van der Waals surface area contributed by atoms with Gasteiger partial charge in [0.25, 0.3) is 0 Å². The van der Waals surface area contributed by atoms with Gasteiger partial charge in [0.1, 0.15) is 0 Å². The highest BCUT2D eigenvalue weighted by atomic mass is 79.9. The molecule has 3 heteroatoms. The van der Waals surface area contributed by atoms with Crippen molar-refractivity contribution < 1.29 is 0 Å². The molecule has 0 radical (unpaired) electrons. The first-order chi connectivity index (χ1) is 6.61. The molecule has 0 heterocycles. The SMILES string of the molecule is Cc1c(Br)cccc1CCCC(N)=S. The van der Waals surface area contributed by atoms with Crippen molar-refractivity contribution in [3.05, 3.63) is 33.8 Å². The Balaban J connectivity index is 2.59. The monoisotopic (exact) mass is 271 g/mol. The number of thiocarbonyl (C=S) groups is 1. The number of aryl methyl sites for hydroxylation is 1. The average Bonchev–Trinajstić information content (AvgIpc) is 2.12. The summed E-state index contributed by atoms with van der Waals surface area (Å²) in [4.78, 5) is 0.609. The van der Waals surface area contributed by atoms with Crippen LogP contribution in [0.4, 0.5) is 0 Å². The minimum atomic E-state index is 0.609. The first-order valence-corrected chi connectivity index (χ1v) is 5.83. The number of halogens is 1. The van der Waals surface area contributed by atoms with E-state index in [4.69, 9.17) is 18.0 Å². The molecule has 0 spiro atoms. The Hall–Kier alpha value is -0.410. The summed E-state index contributed by atoms with van der Waals surface area (Å²) in [6.45, 7) is 2.13. The van der Waals surface area contributed by atoms with Crippen molar-refractivity contribution >= 4 is 33.1 Å². The summed E-state index contributed by atoms with van der Waals surface area (Å²) in [6, 6.07) is 6.28. The quantitative estimate of drug-likeness (QED) is 0.850. The standard InChI is InChI=1S/C11H14BrNS/c1-8-9(4-2-6-10(8)12)5-3-7-11(13)14/h2,4,6H,3,5,7H2,1H3,(H2,13,14). The number of hydrogen-bond acceptors (Lipinski definition) is 1. The van der Waals surface area contributed by atoms with Gasteiger partial charge in [-0.25, -0.2) is 0 Å². The van der Waals surface area contributed by atoms with E-state index in [1.54, 1.807) is 0 Å². The maximum atomic E-state index is 5.45. The van der Waals surface area contributed by atoms with Crippen molar-refractivity contribution in [3.63, 3.8) is 0 Å². The van der Waals surface area contributed by atoms with Crippen LogP contribution in [0.5, 0.6) is 0 Å². The second-order valence-electron chi connectivity index (χ2n) is 3.34. The fourth-order valence-electron chi connectivity index (χ4n) is 1.38. The van der Waals surface area contributed by atoms with Gasteiger partial charge in [0.15, 0.2) is 0 Å². The fourth-order valence-corrected chi connectivity index (χ4v) is 1.93. The number of hydrogen-bond donors (Lipinski definition) is 1. The first kappa shape index (κ1) is 11.7. The third kappa shape index (κ3) is 3.39. The van der Waals surface area contributed by atoms with E-state index in [0.29, 0.717) is 4.99 Å². The van der Waals surface area contributed by atoms with Gasteiger partial charge in [-0.2, -0.15) is 0 Å². The summed E-state index contributed by atoms with van der Waals surface area (Å²) in [5.41, 5.74) is 8.13. The molecule has 2 N–H and O–H groups in total. The summed E-state index contributed by atoms with van der Waals surface area (Å²) >= 11 is 8.35. The molecule has 0 aromatic heterocycles. The van der Waals surface area contributed by atoms with Gasteiger partial charge in [0.05, 0.1) is 4.99 Å². The zero-order chi connectivity index (χ0) is 10.6. The summed E-state index contributed by atoms with van der Waals surface area (Å²) < 4.78 is 1.17. The molecule has 0 saturated heterocycles. The van der Waals surface area contributed by atoms with Gasteiger partial charge >= 0.3 is 0 Å². The number of rotatable bonds is 4. The molecule has 1 rings (SSSR count). The topological polar surface area (TPSA) is 26.0 Å². The van der Waals surface area contributed by atoms with Gasteiger partial charge in [-0.15, -0.1) is 0 Å². The molecule has 1 aromatic carbocycles. The van der Waals surface area contributed by atoms with Crippen molar-refractivity contribution in [1.29, 1.82) is 0 Å². The minimum Gasteiger partial charge on any atom is -0.393 e. The van der Waals surface area contributed by atoms with Gasteiger partial charge in [-0.1, -0.05) is 40.3 Å². The van der Waals surface area contributed by atoms with Gasteiger partial charge in [0.2, 0.25) is 0 Å². The van der Waals surface area contributed by atoms with E-state index in [-0.39, 0.29) is 0 Å². The largest absolute Gasteiger partial charge is 0.393 e. The van der Waals surface area contributed by atoms with E-state index < -0.39 is 0 Å². The second-order valence-corrected chi connectivity index (χ2v) is 4.72. The Kier molecular flexibility index (Phi) is 4.55. The molecular weight excluding hydrogens is 258 g/mol. The molecule has 0 amide bonds. The van der Waals surface area contributed by atoms with Crippen LogP contribution in [-0.2, 0) is 6.42 Å². The molecule has 0 unspecified atom stereocenters. The van der Waals surface area contributed by atoms with Crippen LogP contribution in [0.1, 0.15) is 24.0 Å². The van der Waals surface area contributed by atoms with Crippen LogP contribution in [0, 0.1) is 6.92 Å². The first-order valence-electron chi connectivity index (χ1n) is 4.63. The molecule has 14 heavy (non-hydrogen) atoms. The molecule has 0 aliphatic heterocycles. The molecule has 0 aliphatic rings. The fraction of sp³-hybridized carbons (Fsp3) is 0.364. The Bertz CT molecular complexity index is 336. The van der Waals surface area contributed by atoms with Crippen LogP contribution >= 0.6 is 28.1 Å². The molecular formula is C11H14BrNS. The van der Waals surface area contributed by atoms with E-state index in [2.05, 4.69) is 41.1 Å². The van der Waals surface area contributed by atoms with Gasteiger partial charge < -0.3 is 5.73 Å². The molecule has 0 atom stereocenters. The van der Waals surface area contributed by atoms with Crippen molar-refractivity contribution in [2.75, 3.05) is 0 Å². The highest BCUT2D eigenvalue weighted by Crippen LogP contribution is 2.20. The number of nitrogens with two attached hydrogens (primary N) is 1.